The first-order chi connectivity index (χ1) is 18.8. The van der Waals surface area contributed by atoms with Crippen LogP contribution in [0.1, 0.15) is 27.7 Å². The number of amides is 1. The number of carbonyl (C=O) groups excluding carboxylic acids is 1. The molecule has 5 aromatic rings. The molecule has 2 atom stereocenters. The van der Waals surface area contributed by atoms with E-state index in [9.17, 15) is 18.7 Å². The predicted octanol–water partition coefficient (Wildman–Crippen LogP) is 4.42. The van der Waals surface area contributed by atoms with Crippen LogP contribution in [0.5, 0.6) is 0 Å². The van der Waals surface area contributed by atoms with E-state index in [0.717, 1.165) is 11.5 Å². The van der Waals surface area contributed by atoms with Crippen LogP contribution >= 0.6 is 11.6 Å². The molecule has 1 amide bonds. The van der Waals surface area contributed by atoms with Gasteiger partial charge in [0.25, 0.3) is 0 Å². The average molecular weight is 549 g/mol. The lowest BCUT2D eigenvalue weighted by Crippen LogP contribution is -2.37. The first kappa shape index (κ1) is 26.4. The van der Waals surface area contributed by atoms with E-state index in [0.29, 0.717) is 33.6 Å². The van der Waals surface area contributed by atoms with Crippen LogP contribution < -0.4 is 11.1 Å². The van der Waals surface area contributed by atoms with Crippen molar-refractivity contribution >= 4 is 28.5 Å². The Morgan fingerprint density at radius 3 is 2.64 bits per heavy atom. The summed E-state index contributed by atoms with van der Waals surface area (Å²) in [6, 6.07) is 14.7. The largest absolute Gasteiger partial charge is 0.377 e. The molecular formula is C28H23ClF2N6O2. The zero-order chi connectivity index (χ0) is 27.5. The SMILES string of the molecule is NC(=O)c1cccc(-c2cccnc2[C@H](Cc2cc(F)cc(F)c2)NC(O)Cn2ccc3cnc(Cl)nc32)c1. The summed E-state index contributed by atoms with van der Waals surface area (Å²) in [5.74, 6) is -2.00. The van der Waals surface area contributed by atoms with Crippen molar-refractivity contribution in [1.29, 1.82) is 0 Å². The lowest BCUT2D eigenvalue weighted by atomic mass is 9.94. The smallest absolute Gasteiger partial charge is 0.248 e. The fourth-order valence-electron chi connectivity index (χ4n) is 4.55. The molecule has 3 heterocycles. The summed E-state index contributed by atoms with van der Waals surface area (Å²) >= 11 is 5.96. The maximum atomic E-state index is 14.0. The minimum atomic E-state index is -1.12. The molecule has 0 spiro atoms. The van der Waals surface area contributed by atoms with Crippen molar-refractivity contribution in [3.63, 3.8) is 0 Å². The van der Waals surface area contributed by atoms with Crippen LogP contribution in [0.25, 0.3) is 22.2 Å². The number of benzene rings is 2. The molecule has 0 saturated heterocycles. The van der Waals surface area contributed by atoms with Crippen molar-refractivity contribution in [2.45, 2.75) is 25.2 Å². The van der Waals surface area contributed by atoms with Gasteiger partial charge in [-0.15, -0.1) is 0 Å². The van der Waals surface area contributed by atoms with Gasteiger partial charge in [0, 0.05) is 41.2 Å². The average Bonchev–Trinajstić information content (AvgIpc) is 3.29. The molecule has 0 aliphatic carbocycles. The quantitative estimate of drug-likeness (QED) is 0.185. The molecule has 0 radical (unpaired) electrons. The van der Waals surface area contributed by atoms with Crippen LogP contribution in [0.15, 0.2) is 79.3 Å². The minimum Gasteiger partial charge on any atom is -0.377 e. The van der Waals surface area contributed by atoms with Gasteiger partial charge in [0.05, 0.1) is 18.3 Å². The molecule has 0 aliphatic heterocycles. The Morgan fingerprint density at radius 2 is 1.87 bits per heavy atom. The second-order valence-corrected chi connectivity index (χ2v) is 9.32. The molecule has 11 heteroatoms. The van der Waals surface area contributed by atoms with E-state index < -0.39 is 29.8 Å². The molecule has 4 N–H and O–H groups in total. The van der Waals surface area contributed by atoms with Crippen molar-refractivity contribution < 1.29 is 18.7 Å². The third-order valence-electron chi connectivity index (χ3n) is 6.22. The second kappa shape index (κ2) is 11.2. The van der Waals surface area contributed by atoms with E-state index in [2.05, 4.69) is 20.3 Å². The predicted molar refractivity (Wildman–Crippen MR) is 143 cm³/mol. The second-order valence-electron chi connectivity index (χ2n) is 8.98. The van der Waals surface area contributed by atoms with Crippen molar-refractivity contribution in [3.05, 3.63) is 113 Å². The summed E-state index contributed by atoms with van der Waals surface area (Å²) in [5.41, 5.74) is 8.54. The number of fused-ring (bicyclic) bond motifs is 1. The molecule has 0 aliphatic rings. The molecule has 198 valence electrons. The van der Waals surface area contributed by atoms with Crippen LogP contribution in [0.4, 0.5) is 8.78 Å². The van der Waals surface area contributed by atoms with Crippen LogP contribution in [-0.2, 0) is 13.0 Å². The highest BCUT2D eigenvalue weighted by molar-refractivity contribution is 6.28. The fourth-order valence-corrected chi connectivity index (χ4v) is 4.68. The molecule has 3 aromatic heterocycles. The standard InChI is InChI=1S/C28H23ClF2N6O2/c29-28-34-14-19-6-8-37(27(19)36-28)15-24(38)35-23(11-16-9-20(30)13-21(31)10-16)25-22(5-2-7-33-25)17-3-1-4-18(12-17)26(32)39/h1-10,12-14,23-24,35,38H,11,15H2,(H2,32,39)/t23-,24?/m0/s1. The van der Waals surface area contributed by atoms with Gasteiger partial charge in [-0.1, -0.05) is 18.2 Å². The van der Waals surface area contributed by atoms with Crippen molar-refractivity contribution in [1.82, 2.24) is 24.8 Å². The normalized spacial score (nSPS) is 12.9. The highest BCUT2D eigenvalue weighted by Crippen LogP contribution is 2.30. The first-order valence-electron chi connectivity index (χ1n) is 12.0. The lowest BCUT2D eigenvalue weighted by Gasteiger charge is -2.25. The molecular weight excluding hydrogens is 526 g/mol. The van der Waals surface area contributed by atoms with Gasteiger partial charge in [-0.05, 0) is 65.5 Å². The molecule has 0 saturated carbocycles. The summed E-state index contributed by atoms with van der Waals surface area (Å²) < 4.78 is 29.8. The number of hydrogen-bond acceptors (Lipinski definition) is 6. The van der Waals surface area contributed by atoms with Gasteiger partial charge < -0.3 is 15.4 Å². The minimum absolute atomic E-state index is 0.0761. The number of primary amides is 1. The number of hydrogen-bond donors (Lipinski definition) is 3. The number of carbonyl (C=O) groups is 1. The third-order valence-corrected chi connectivity index (χ3v) is 6.41. The fraction of sp³-hybridized carbons (Fsp3) is 0.143. The van der Waals surface area contributed by atoms with Crippen LogP contribution in [-0.4, -0.2) is 36.8 Å². The summed E-state index contributed by atoms with van der Waals surface area (Å²) in [7, 11) is 0. The highest BCUT2D eigenvalue weighted by atomic mass is 35.5. The molecule has 0 bridgehead atoms. The van der Waals surface area contributed by atoms with Gasteiger partial charge in [-0.2, -0.15) is 4.98 Å². The van der Waals surface area contributed by atoms with Gasteiger partial charge in [-0.25, -0.2) is 13.8 Å². The van der Waals surface area contributed by atoms with Gasteiger partial charge in [0.1, 0.15) is 23.5 Å². The molecule has 0 fully saturated rings. The number of nitrogens with two attached hydrogens (primary N) is 1. The van der Waals surface area contributed by atoms with E-state index in [4.69, 9.17) is 17.3 Å². The van der Waals surface area contributed by atoms with Gasteiger partial charge in [-0.3, -0.25) is 15.1 Å². The van der Waals surface area contributed by atoms with E-state index in [1.807, 2.05) is 6.07 Å². The number of nitrogens with one attached hydrogen (secondary N) is 1. The maximum Gasteiger partial charge on any atom is 0.248 e. The van der Waals surface area contributed by atoms with Crippen LogP contribution in [0.3, 0.4) is 0 Å². The zero-order valence-corrected chi connectivity index (χ0v) is 21.2. The topological polar surface area (TPSA) is 119 Å². The van der Waals surface area contributed by atoms with Gasteiger partial charge in [0.15, 0.2) is 0 Å². The Kier molecular flexibility index (Phi) is 7.60. The zero-order valence-electron chi connectivity index (χ0n) is 20.4. The molecule has 1 unspecified atom stereocenters. The Morgan fingerprint density at radius 1 is 1.08 bits per heavy atom. The first-order valence-corrected chi connectivity index (χ1v) is 12.4. The van der Waals surface area contributed by atoms with Crippen molar-refractivity contribution in [2.24, 2.45) is 5.73 Å². The summed E-state index contributed by atoms with van der Waals surface area (Å²) in [5, 5.41) is 15.1. The van der Waals surface area contributed by atoms with Crippen LogP contribution in [0.2, 0.25) is 5.28 Å². The Hall–Kier alpha value is -4.25. The van der Waals surface area contributed by atoms with E-state index in [1.165, 1.54) is 12.1 Å². The maximum absolute atomic E-state index is 14.0. The van der Waals surface area contributed by atoms with E-state index >= 15 is 0 Å². The summed E-state index contributed by atoms with van der Waals surface area (Å²) in [4.78, 5) is 24.6. The Bertz CT molecular complexity index is 1640. The number of halogens is 3. The number of aliphatic hydroxyl groups is 1. The third kappa shape index (κ3) is 6.09. The number of nitrogens with zero attached hydrogens (tertiary/aromatic N) is 4. The number of rotatable bonds is 9. The number of aromatic nitrogens is 4. The Balaban J connectivity index is 1.51. The lowest BCUT2D eigenvalue weighted by molar-refractivity contribution is 0.0999. The number of aliphatic hydroxyl groups excluding tert-OH is 1. The van der Waals surface area contributed by atoms with Crippen molar-refractivity contribution in [3.8, 4) is 11.1 Å². The molecule has 5 rings (SSSR count). The molecule has 39 heavy (non-hydrogen) atoms. The summed E-state index contributed by atoms with van der Waals surface area (Å²) in [6.07, 6.45) is 3.90. The monoisotopic (exact) mass is 548 g/mol. The molecule has 2 aromatic carbocycles. The Labute approximate surface area is 227 Å². The summed E-state index contributed by atoms with van der Waals surface area (Å²) in [6.45, 7) is 0.0875. The van der Waals surface area contributed by atoms with Crippen LogP contribution in [0, 0.1) is 11.6 Å². The van der Waals surface area contributed by atoms with E-state index in [1.54, 1.807) is 59.6 Å². The number of pyridine rings is 1. The highest BCUT2D eigenvalue weighted by Gasteiger charge is 2.23. The molecule has 8 nitrogen and oxygen atoms in total. The van der Waals surface area contributed by atoms with E-state index in [-0.39, 0.29) is 18.2 Å². The van der Waals surface area contributed by atoms with Gasteiger partial charge >= 0.3 is 0 Å². The van der Waals surface area contributed by atoms with Gasteiger partial charge in [0.2, 0.25) is 11.2 Å². The van der Waals surface area contributed by atoms with Crippen molar-refractivity contribution in [2.75, 3.05) is 0 Å².